The minimum Gasteiger partial charge on any atom is -0.483 e. The maximum Gasteiger partial charge on any atom is 0.137 e. The van der Waals surface area contributed by atoms with E-state index in [0.29, 0.717) is 12.3 Å². The van der Waals surface area contributed by atoms with Gasteiger partial charge >= 0.3 is 0 Å². The van der Waals surface area contributed by atoms with E-state index in [2.05, 4.69) is 28.2 Å². The zero-order chi connectivity index (χ0) is 15.1. The van der Waals surface area contributed by atoms with E-state index in [9.17, 15) is 4.39 Å². The van der Waals surface area contributed by atoms with Crippen molar-refractivity contribution in [3.63, 3.8) is 0 Å². The van der Waals surface area contributed by atoms with Gasteiger partial charge in [-0.15, -0.1) is 0 Å². The number of nitrogens with one attached hydrogen (secondary N) is 1. The Hall–Kier alpha value is -1.39. The summed E-state index contributed by atoms with van der Waals surface area (Å²) in [5.41, 5.74) is 1.07. The fourth-order valence-electron chi connectivity index (χ4n) is 2.03. The van der Waals surface area contributed by atoms with Crippen molar-refractivity contribution in [1.82, 2.24) is 5.32 Å². The minimum atomic E-state index is -0.304. The minimum absolute atomic E-state index is 0.157. The van der Waals surface area contributed by atoms with Gasteiger partial charge in [-0.3, -0.25) is 0 Å². The van der Waals surface area contributed by atoms with Gasteiger partial charge in [0.05, 0.1) is 4.47 Å². The van der Waals surface area contributed by atoms with Crippen LogP contribution in [0.4, 0.5) is 4.39 Å². The second kappa shape index (κ2) is 8.15. The monoisotopic (exact) mass is 351 g/mol. The number of rotatable bonds is 7. The molecule has 0 aliphatic heterocycles. The average molecular weight is 352 g/mol. The first-order valence-electron chi connectivity index (χ1n) is 7.08. The molecule has 2 rings (SSSR count). The summed E-state index contributed by atoms with van der Waals surface area (Å²) < 4.78 is 20.1. The summed E-state index contributed by atoms with van der Waals surface area (Å²) in [6.07, 6.45) is 0.904. The van der Waals surface area contributed by atoms with Crippen LogP contribution < -0.4 is 10.1 Å². The topological polar surface area (TPSA) is 21.3 Å². The summed E-state index contributed by atoms with van der Waals surface area (Å²) in [7, 11) is 0. The van der Waals surface area contributed by atoms with Crippen LogP contribution >= 0.6 is 15.9 Å². The summed E-state index contributed by atoms with van der Waals surface area (Å²) >= 11 is 3.40. The Balaban J connectivity index is 2.17. The molecular formula is C17H19BrFNO. The molecule has 0 aliphatic carbocycles. The molecule has 0 saturated heterocycles. The van der Waals surface area contributed by atoms with E-state index < -0.39 is 0 Å². The van der Waals surface area contributed by atoms with Gasteiger partial charge in [-0.25, -0.2) is 4.39 Å². The SMILES string of the molecule is CCCNCC(Oc1cc(F)ccc1Br)c1ccccc1. The lowest BCUT2D eigenvalue weighted by atomic mass is 10.1. The van der Waals surface area contributed by atoms with E-state index in [4.69, 9.17) is 4.74 Å². The third kappa shape index (κ3) is 4.83. The first-order chi connectivity index (χ1) is 10.2. The number of ether oxygens (including phenoxy) is 1. The average Bonchev–Trinajstić information content (AvgIpc) is 2.51. The van der Waals surface area contributed by atoms with Gasteiger partial charge < -0.3 is 10.1 Å². The van der Waals surface area contributed by atoms with Crippen LogP contribution in [0.2, 0.25) is 0 Å². The van der Waals surface area contributed by atoms with E-state index in [1.165, 1.54) is 12.1 Å². The molecular weight excluding hydrogens is 333 g/mol. The van der Waals surface area contributed by atoms with Crippen LogP contribution in [0, 0.1) is 5.82 Å². The van der Waals surface area contributed by atoms with Crippen LogP contribution in [-0.4, -0.2) is 13.1 Å². The third-order valence-corrected chi connectivity index (χ3v) is 3.75. The summed E-state index contributed by atoms with van der Waals surface area (Å²) in [6, 6.07) is 14.4. The van der Waals surface area contributed by atoms with Crippen molar-refractivity contribution in [2.75, 3.05) is 13.1 Å². The molecule has 0 aliphatic rings. The molecule has 0 amide bonds. The summed E-state index contributed by atoms with van der Waals surface area (Å²) in [5, 5.41) is 3.35. The molecule has 4 heteroatoms. The van der Waals surface area contributed by atoms with Crippen molar-refractivity contribution in [2.45, 2.75) is 19.4 Å². The van der Waals surface area contributed by atoms with Gasteiger partial charge in [0.15, 0.2) is 0 Å². The molecule has 2 nitrogen and oxygen atoms in total. The highest BCUT2D eigenvalue weighted by Gasteiger charge is 2.15. The van der Waals surface area contributed by atoms with Crippen LogP contribution in [0.25, 0.3) is 0 Å². The normalized spacial score (nSPS) is 12.1. The predicted molar refractivity (Wildman–Crippen MR) is 87.1 cm³/mol. The van der Waals surface area contributed by atoms with Crippen molar-refractivity contribution in [3.05, 3.63) is 64.4 Å². The van der Waals surface area contributed by atoms with Gasteiger partial charge in [0, 0.05) is 12.6 Å². The zero-order valence-electron chi connectivity index (χ0n) is 12.0. The fourth-order valence-corrected chi connectivity index (χ4v) is 2.37. The fraction of sp³-hybridized carbons (Fsp3) is 0.294. The van der Waals surface area contributed by atoms with Crippen molar-refractivity contribution in [2.24, 2.45) is 0 Å². The molecule has 0 spiro atoms. The van der Waals surface area contributed by atoms with E-state index >= 15 is 0 Å². The van der Waals surface area contributed by atoms with Crippen LogP contribution in [0.15, 0.2) is 53.0 Å². The Kier molecular flexibility index (Phi) is 6.21. The van der Waals surface area contributed by atoms with Gasteiger partial charge in [0.1, 0.15) is 17.7 Å². The highest BCUT2D eigenvalue weighted by molar-refractivity contribution is 9.10. The quantitative estimate of drug-likeness (QED) is 0.729. The van der Waals surface area contributed by atoms with Crippen LogP contribution in [0.1, 0.15) is 25.0 Å². The lowest BCUT2D eigenvalue weighted by molar-refractivity contribution is 0.199. The molecule has 2 aromatic rings. The maximum absolute atomic E-state index is 13.4. The Labute approximate surface area is 133 Å². The Morgan fingerprint density at radius 1 is 1.19 bits per heavy atom. The molecule has 0 fully saturated rings. The summed E-state index contributed by atoms with van der Waals surface area (Å²) in [5.74, 6) is 0.212. The van der Waals surface area contributed by atoms with Gasteiger partial charge in [0.2, 0.25) is 0 Å². The first kappa shape index (κ1) is 16.0. The molecule has 1 unspecified atom stereocenters. The van der Waals surface area contributed by atoms with Crippen LogP contribution in [0.5, 0.6) is 5.75 Å². The van der Waals surface area contributed by atoms with E-state index in [0.717, 1.165) is 23.0 Å². The lowest BCUT2D eigenvalue weighted by Crippen LogP contribution is -2.25. The van der Waals surface area contributed by atoms with Crippen molar-refractivity contribution in [1.29, 1.82) is 0 Å². The Morgan fingerprint density at radius 2 is 1.95 bits per heavy atom. The van der Waals surface area contributed by atoms with Gasteiger partial charge in [-0.05, 0) is 46.6 Å². The number of benzene rings is 2. The largest absolute Gasteiger partial charge is 0.483 e. The third-order valence-electron chi connectivity index (χ3n) is 3.09. The molecule has 0 heterocycles. The van der Waals surface area contributed by atoms with E-state index in [1.807, 2.05) is 30.3 Å². The summed E-state index contributed by atoms with van der Waals surface area (Å²) in [4.78, 5) is 0. The summed E-state index contributed by atoms with van der Waals surface area (Å²) in [6.45, 7) is 3.73. The number of hydrogen-bond acceptors (Lipinski definition) is 2. The smallest absolute Gasteiger partial charge is 0.137 e. The van der Waals surface area contributed by atoms with Crippen molar-refractivity contribution < 1.29 is 9.13 Å². The molecule has 2 aromatic carbocycles. The number of halogens is 2. The van der Waals surface area contributed by atoms with Crippen molar-refractivity contribution in [3.8, 4) is 5.75 Å². The van der Waals surface area contributed by atoms with E-state index in [1.54, 1.807) is 6.07 Å². The van der Waals surface area contributed by atoms with Crippen LogP contribution in [-0.2, 0) is 0 Å². The molecule has 1 atom stereocenters. The number of hydrogen-bond donors (Lipinski definition) is 1. The Bertz CT molecular complexity index is 562. The molecule has 0 saturated carbocycles. The highest BCUT2D eigenvalue weighted by atomic mass is 79.9. The van der Waals surface area contributed by atoms with Gasteiger partial charge in [-0.2, -0.15) is 0 Å². The second-order valence-corrected chi connectivity index (χ2v) is 5.65. The molecule has 0 radical (unpaired) electrons. The molecule has 21 heavy (non-hydrogen) atoms. The highest BCUT2D eigenvalue weighted by Crippen LogP contribution is 2.30. The second-order valence-electron chi connectivity index (χ2n) is 4.80. The van der Waals surface area contributed by atoms with Crippen LogP contribution in [0.3, 0.4) is 0 Å². The zero-order valence-corrected chi connectivity index (χ0v) is 13.6. The predicted octanol–water partition coefficient (Wildman–Crippen LogP) is 4.71. The Morgan fingerprint density at radius 3 is 2.67 bits per heavy atom. The van der Waals surface area contributed by atoms with Gasteiger partial charge in [0.25, 0.3) is 0 Å². The van der Waals surface area contributed by atoms with Crippen molar-refractivity contribution >= 4 is 15.9 Å². The maximum atomic E-state index is 13.4. The molecule has 1 N–H and O–H groups in total. The standard InChI is InChI=1S/C17H19BrFNO/c1-2-10-20-12-17(13-6-4-3-5-7-13)21-16-11-14(19)8-9-15(16)18/h3-9,11,17,20H,2,10,12H2,1H3. The first-order valence-corrected chi connectivity index (χ1v) is 7.87. The van der Waals surface area contributed by atoms with Gasteiger partial charge in [-0.1, -0.05) is 37.3 Å². The lowest BCUT2D eigenvalue weighted by Gasteiger charge is -2.21. The van der Waals surface area contributed by atoms with E-state index in [-0.39, 0.29) is 11.9 Å². The molecule has 0 bridgehead atoms. The molecule has 0 aromatic heterocycles. The molecule has 112 valence electrons.